The second-order valence-corrected chi connectivity index (χ2v) is 5.33. The van der Waals surface area contributed by atoms with E-state index in [1.807, 2.05) is 0 Å². The summed E-state index contributed by atoms with van der Waals surface area (Å²) >= 11 is 21.4. The Kier molecular flexibility index (Phi) is 3.53. The molecular formula is C8H4Cl4F2. The van der Waals surface area contributed by atoms with Crippen LogP contribution in [0, 0.1) is 0 Å². The van der Waals surface area contributed by atoms with E-state index in [-0.39, 0.29) is 5.56 Å². The van der Waals surface area contributed by atoms with Crippen LogP contribution in [0.25, 0.3) is 0 Å². The van der Waals surface area contributed by atoms with Gasteiger partial charge in [0.2, 0.25) is 3.79 Å². The first-order chi connectivity index (χ1) is 6.21. The predicted molar refractivity (Wildman–Crippen MR) is 55.4 cm³/mol. The Labute approximate surface area is 99.7 Å². The summed E-state index contributed by atoms with van der Waals surface area (Å²) in [6.07, 6.45) is 0. The molecule has 0 fully saturated rings. The lowest BCUT2D eigenvalue weighted by atomic mass is 10.1. The Morgan fingerprint density at radius 3 is 1.86 bits per heavy atom. The van der Waals surface area contributed by atoms with Crippen LogP contribution >= 0.6 is 46.4 Å². The first-order valence-electron chi connectivity index (χ1n) is 3.46. The molecule has 0 bridgehead atoms. The smallest absolute Gasteiger partial charge is 0.183 e. The highest BCUT2D eigenvalue weighted by Gasteiger charge is 2.30. The first kappa shape index (κ1) is 12.3. The highest BCUT2D eigenvalue weighted by molar-refractivity contribution is 6.66. The van der Waals surface area contributed by atoms with Gasteiger partial charge in [-0.15, -0.1) is 0 Å². The number of alkyl halides is 6. The van der Waals surface area contributed by atoms with Crippen molar-refractivity contribution in [3.8, 4) is 0 Å². The predicted octanol–water partition coefficient (Wildman–Crippen LogP) is 4.80. The number of benzene rings is 1. The Bertz CT molecular complexity index is 298. The summed E-state index contributed by atoms with van der Waals surface area (Å²) in [5.41, 5.74) is -0.247. The molecule has 0 saturated heterocycles. The van der Waals surface area contributed by atoms with Crippen molar-refractivity contribution < 1.29 is 8.78 Å². The monoisotopic (exact) mass is 278 g/mol. The third kappa shape index (κ3) is 3.13. The third-order valence-electron chi connectivity index (χ3n) is 1.52. The minimum Gasteiger partial charge on any atom is -0.183 e. The van der Waals surface area contributed by atoms with Gasteiger partial charge in [-0.05, 0) is 17.7 Å². The molecule has 0 unspecified atom stereocenters. The van der Waals surface area contributed by atoms with Gasteiger partial charge in [0.05, 0.1) is 0 Å². The molecule has 1 aromatic rings. The number of halogens is 6. The summed E-state index contributed by atoms with van der Waals surface area (Å²) in [6.45, 7) is 0. The lowest BCUT2D eigenvalue weighted by Gasteiger charge is -2.14. The Morgan fingerprint density at radius 2 is 1.43 bits per heavy atom. The summed E-state index contributed by atoms with van der Waals surface area (Å²) in [5.74, 6) is 0. The van der Waals surface area contributed by atoms with Crippen molar-refractivity contribution in [2.75, 3.05) is 0 Å². The van der Waals surface area contributed by atoms with E-state index in [0.717, 1.165) is 12.1 Å². The second kappa shape index (κ2) is 4.01. The Morgan fingerprint density at radius 1 is 0.929 bits per heavy atom. The van der Waals surface area contributed by atoms with Gasteiger partial charge in [-0.2, -0.15) is 8.78 Å². The fourth-order valence-corrected chi connectivity index (χ4v) is 1.34. The van der Waals surface area contributed by atoms with E-state index in [0.29, 0.717) is 0 Å². The van der Waals surface area contributed by atoms with Crippen LogP contribution in [0.15, 0.2) is 24.3 Å². The van der Waals surface area contributed by atoms with Gasteiger partial charge in [0.15, 0.2) is 0 Å². The Balaban J connectivity index is 3.15. The summed E-state index contributed by atoms with van der Waals surface area (Å²) in [6, 6.07) is 4.99. The summed E-state index contributed by atoms with van der Waals surface area (Å²) in [5, 5.41) is -3.45. The zero-order valence-electron chi connectivity index (χ0n) is 6.58. The number of hydrogen-bond donors (Lipinski definition) is 0. The van der Waals surface area contributed by atoms with Crippen LogP contribution < -0.4 is 0 Å². The molecular weight excluding hydrogens is 276 g/mol. The van der Waals surface area contributed by atoms with Gasteiger partial charge in [0.25, 0.3) is 0 Å². The maximum Gasteiger partial charge on any atom is 0.348 e. The number of rotatable bonds is 1. The molecule has 0 atom stereocenters. The third-order valence-corrected chi connectivity index (χ3v) is 2.39. The van der Waals surface area contributed by atoms with Gasteiger partial charge in [0, 0.05) is 11.1 Å². The molecule has 0 spiro atoms. The van der Waals surface area contributed by atoms with Gasteiger partial charge in [-0.25, -0.2) is 0 Å². The fraction of sp³-hybridized carbons (Fsp3) is 0.250. The topological polar surface area (TPSA) is 0 Å². The molecule has 0 amide bonds. The number of hydrogen-bond acceptors (Lipinski definition) is 0. The van der Waals surface area contributed by atoms with E-state index in [1.165, 1.54) is 12.1 Å². The maximum absolute atomic E-state index is 12.7. The highest BCUT2D eigenvalue weighted by Crippen LogP contribution is 2.41. The molecule has 1 rings (SSSR count). The largest absolute Gasteiger partial charge is 0.348 e. The molecule has 0 nitrogen and oxygen atoms in total. The molecule has 0 aliphatic carbocycles. The van der Waals surface area contributed by atoms with Crippen LogP contribution in [-0.4, -0.2) is 0 Å². The van der Waals surface area contributed by atoms with Crippen molar-refractivity contribution in [1.29, 1.82) is 0 Å². The van der Waals surface area contributed by atoms with E-state index in [4.69, 9.17) is 46.4 Å². The normalized spacial score (nSPS) is 13.0. The van der Waals surface area contributed by atoms with E-state index in [9.17, 15) is 8.78 Å². The molecule has 78 valence electrons. The first-order valence-corrected chi connectivity index (χ1v) is 4.97. The van der Waals surface area contributed by atoms with Crippen molar-refractivity contribution >= 4 is 46.4 Å². The minimum atomic E-state index is -3.45. The van der Waals surface area contributed by atoms with E-state index >= 15 is 0 Å². The molecule has 1 aromatic carbocycles. The molecule has 0 aliphatic rings. The van der Waals surface area contributed by atoms with Crippen molar-refractivity contribution in [3.05, 3.63) is 35.4 Å². The zero-order valence-corrected chi connectivity index (χ0v) is 9.60. The van der Waals surface area contributed by atoms with Crippen LogP contribution in [0.5, 0.6) is 0 Å². The summed E-state index contributed by atoms with van der Waals surface area (Å²) in [7, 11) is 0. The molecule has 6 heteroatoms. The molecule has 14 heavy (non-hydrogen) atoms. The fourth-order valence-electron chi connectivity index (χ4n) is 0.872. The molecule has 0 saturated carbocycles. The lowest BCUT2D eigenvalue weighted by molar-refractivity contribution is 0.0950. The summed E-state index contributed by atoms with van der Waals surface area (Å²) < 4.78 is 23.6. The molecule has 0 radical (unpaired) electrons. The van der Waals surface area contributed by atoms with E-state index < -0.39 is 14.7 Å². The molecule has 0 aromatic heterocycles. The van der Waals surface area contributed by atoms with Crippen LogP contribution in [0.3, 0.4) is 0 Å². The lowest BCUT2D eigenvalue weighted by Crippen LogP contribution is -2.07. The van der Waals surface area contributed by atoms with Crippen molar-refractivity contribution in [2.45, 2.75) is 9.17 Å². The maximum atomic E-state index is 12.7. The van der Waals surface area contributed by atoms with E-state index in [1.54, 1.807) is 0 Å². The zero-order chi connectivity index (χ0) is 11.0. The van der Waals surface area contributed by atoms with Gasteiger partial charge in [-0.1, -0.05) is 53.0 Å². The highest BCUT2D eigenvalue weighted by atomic mass is 35.6. The van der Waals surface area contributed by atoms with Crippen LogP contribution in [0.2, 0.25) is 0 Å². The standard InChI is InChI=1S/C8H4Cl4F2/c9-7(10,11)5-2-1-3-6(4-5)8(12,13)14/h1-4H. The van der Waals surface area contributed by atoms with Gasteiger partial charge in [0.1, 0.15) is 0 Å². The van der Waals surface area contributed by atoms with Crippen molar-refractivity contribution in [1.82, 2.24) is 0 Å². The molecule has 0 aliphatic heterocycles. The minimum absolute atomic E-state index is 0.153. The van der Waals surface area contributed by atoms with Crippen molar-refractivity contribution in [3.63, 3.8) is 0 Å². The van der Waals surface area contributed by atoms with Crippen LogP contribution in [0.1, 0.15) is 11.1 Å². The SMILES string of the molecule is FC(F)(Cl)c1cccc(C(Cl)(Cl)Cl)c1. The average molecular weight is 280 g/mol. The van der Waals surface area contributed by atoms with Crippen molar-refractivity contribution in [2.24, 2.45) is 0 Å². The van der Waals surface area contributed by atoms with Gasteiger partial charge in [-0.3, -0.25) is 0 Å². The second-order valence-electron chi connectivity index (χ2n) is 2.58. The Hall–Kier alpha value is 0.240. The van der Waals surface area contributed by atoms with Crippen LogP contribution in [-0.2, 0) is 9.17 Å². The summed E-state index contributed by atoms with van der Waals surface area (Å²) in [4.78, 5) is 0. The molecule has 0 heterocycles. The van der Waals surface area contributed by atoms with Crippen LogP contribution in [0.4, 0.5) is 8.78 Å². The molecule has 0 N–H and O–H groups in total. The van der Waals surface area contributed by atoms with Gasteiger partial charge >= 0.3 is 5.38 Å². The quantitative estimate of drug-likeness (QED) is 0.648. The average Bonchev–Trinajstić information content (AvgIpc) is 2.01. The van der Waals surface area contributed by atoms with E-state index in [2.05, 4.69) is 0 Å². The van der Waals surface area contributed by atoms with Gasteiger partial charge < -0.3 is 0 Å².